The normalized spacial score (nSPS) is 10.0. The van der Waals surface area contributed by atoms with Gasteiger partial charge in [-0.15, -0.1) is 0 Å². The summed E-state index contributed by atoms with van der Waals surface area (Å²) in [5, 5.41) is 22.9. The highest BCUT2D eigenvalue weighted by Crippen LogP contribution is 2.25. The maximum absolute atomic E-state index is 11.1. The molecule has 0 aliphatic carbocycles. The average Bonchev–Trinajstić information content (AvgIpc) is 2.87. The van der Waals surface area contributed by atoms with Gasteiger partial charge < -0.3 is 9.88 Å². The lowest BCUT2D eigenvalue weighted by molar-refractivity contribution is -0.384. The van der Waals surface area contributed by atoms with Crippen molar-refractivity contribution in [2.45, 2.75) is 13.5 Å². The molecule has 2 aromatic rings. The summed E-state index contributed by atoms with van der Waals surface area (Å²) >= 11 is 0. The third kappa shape index (κ3) is 2.75. The number of benzene rings is 1. The third-order valence-corrected chi connectivity index (χ3v) is 2.79. The summed E-state index contributed by atoms with van der Waals surface area (Å²) in [6.07, 6.45) is 3.20. The maximum atomic E-state index is 11.1. The second-order valence-corrected chi connectivity index (χ2v) is 4.13. The minimum Gasteiger partial charge on any atom is -0.380 e. The molecule has 1 aromatic heterocycles. The lowest BCUT2D eigenvalue weighted by Crippen LogP contribution is -2.05. The van der Waals surface area contributed by atoms with E-state index in [-0.39, 0.29) is 11.5 Å². The summed E-state index contributed by atoms with van der Waals surface area (Å²) in [6, 6.07) is 6.96. The van der Waals surface area contributed by atoms with Crippen molar-refractivity contribution in [2.24, 2.45) is 0 Å². The Morgan fingerprint density at radius 1 is 1.55 bits per heavy atom. The van der Waals surface area contributed by atoms with Gasteiger partial charge in [-0.25, -0.2) is 4.98 Å². The molecule has 0 fully saturated rings. The van der Waals surface area contributed by atoms with Crippen molar-refractivity contribution in [1.82, 2.24) is 9.55 Å². The SMILES string of the molecule is CCNc1ccc(Cn2ccnc2C#N)cc1[N+](=O)[O-]. The van der Waals surface area contributed by atoms with Gasteiger partial charge in [0.05, 0.1) is 4.92 Å². The fourth-order valence-corrected chi connectivity index (χ4v) is 1.91. The molecular formula is C13H13N5O2. The van der Waals surface area contributed by atoms with Crippen molar-refractivity contribution in [3.63, 3.8) is 0 Å². The number of nitriles is 1. The molecule has 0 unspecified atom stereocenters. The molecule has 0 aliphatic heterocycles. The monoisotopic (exact) mass is 271 g/mol. The van der Waals surface area contributed by atoms with Crippen LogP contribution in [0.2, 0.25) is 0 Å². The molecule has 0 amide bonds. The number of anilines is 1. The summed E-state index contributed by atoms with van der Waals surface area (Å²) in [7, 11) is 0. The molecule has 7 heteroatoms. The van der Waals surface area contributed by atoms with Crippen LogP contribution in [0.5, 0.6) is 0 Å². The second kappa shape index (κ2) is 5.84. The van der Waals surface area contributed by atoms with Crippen molar-refractivity contribution in [3.8, 4) is 6.07 Å². The van der Waals surface area contributed by atoms with Crippen molar-refractivity contribution in [1.29, 1.82) is 5.26 Å². The quantitative estimate of drug-likeness (QED) is 0.663. The van der Waals surface area contributed by atoms with Crippen LogP contribution in [0.15, 0.2) is 30.6 Å². The number of hydrogen-bond acceptors (Lipinski definition) is 5. The molecule has 1 heterocycles. The van der Waals surface area contributed by atoms with E-state index < -0.39 is 4.92 Å². The van der Waals surface area contributed by atoms with Gasteiger partial charge in [0.2, 0.25) is 5.82 Å². The summed E-state index contributed by atoms with van der Waals surface area (Å²) in [5.74, 6) is 0.281. The number of nitrogens with one attached hydrogen (secondary N) is 1. The first-order valence-electron chi connectivity index (χ1n) is 6.08. The van der Waals surface area contributed by atoms with Gasteiger partial charge in [-0.1, -0.05) is 6.07 Å². The Morgan fingerprint density at radius 3 is 3.00 bits per heavy atom. The van der Waals surface area contributed by atoms with Crippen molar-refractivity contribution < 1.29 is 4.92 Å². The van der Waals surface area contributed by atoms with E-state index in [9.17, 15) is 10.1 Å². The van der Waals surface area contributed by atoms with Crippen molar-refractivity contribution >= 4 is 11.4 Å². The Kier molecular flexibility index (Phi) is 3.96. The van der Waals surface area contributed by atoms with E-state index in [1.54, 1.807) is 22.9 Å². The molecule has 0 atom stereocenters. The standard InChI is InChI=1S/C13H13N5O2/c1-2-15-11-4-3-10(7-12(11)18(19)20)9-17-6-5-16-13(17)8-14/h3-7,15H,2,9H2,1H3. The fraction of sp³-hybridized carbons (Fsp3) is 0.231. The van der Waals surface area contributed by atoms with Gasteiger partial charge in [-0.05, 0) is 18.6 Å². The van der Waals surface area contributed by atoms with E-state index >= 15 is 0 Å². The van der Waals surface area contributed by atoms with Gasteiger partial charge in [-0.2, -0.15) is 5.26 Å². The first-order valence-corrected chi connectivity index (χ1v) is 6.08. The minimum atomic E-state index is -0.416. The number of hydrogen-bond donors (Lipinski definition) is 1. The fourth-order valence-electron chi connectivity index (χ4n) is 1.91. The predicted molar refractivity (Wildman–Crippen MR) is 73.3 cm³/mol. The number of nitrogens with zero attached hydrogens (tertiary/aromatic N) is 4. The van der Waals surface area contributed by atoms with E-state index in [2.05, 4.69) is 10.3 Å². The summed E-state index contributed by atoms with van der Waals surface area (Å²) in [4.78, 5) is 14.5. The molecule has 0 aliphatic rings. The van der Waals surface area contributed by atoms with Crippen LogP contribution in [0, 0.1) is 21.4 Å². The Balaban J connectivity index is 2.32. The highest BCUT2D eigenvalue weighted by Gasteiger charge is 2.14. The average molecular weight is 271 g/mol. The molecule has 20 heavy (non-hydrogen) atoms. The molecule has 2 rings (SSSR count). The van der Waals surface area contributed by atoms with E-state index in [0.29, 0.717) is 18.8 Å². The number of rotatable bonds is 5. The zero-order chi connectivity index (χ0) is 14.5. The maximum Gasteiger partial charge on any atom is 0.292 e. The lowest BCUT2D eigenvalue weighted by atomic mass is 10.1. The summed E-state index contributed by atoms with van der Waals surface area (Å²) < 4.78 is 1.64. The second-order valence-electron chi connectivity index (χ2n) is 4.13. The third-order valence-electron chi connectivity index (χ3n) is 2.79. The van der Waals surface area contributed by atoms with Gasteiger partial charge in [0, 0.05) is 31.5 Å². The zero-order valence-electron chi connectivity index (χ0n) is 10.9. The Hall–Kier alpha value is -2.88. The lowest BCUT2D eigenvalue weighted by Gasteiger charge is -2.08. The van der Waals surface area contributed by atoms with Crippen molar-refractivity contribution in [2.75, 3.05) is 11.9 Å². The molecule has 0 saturated heterocycles. The Bertz CT molecular complexity index is 672. The van der Waals surface area contributed by atoms with Crippen LogP contribution in [0.1, 0.15) is 18.3 Å². The predicted octanol–water partition coefficient (Wildman–Crippen LogP) is 2.14. The van der Waals surface area contributed by atoms with Crippen molar-refractivity contribution in [3.05, 3.63) is 52.1 Å². The first-order chi connectivity index (χ1) is 9.65. The van der Waals surface area contributed by atoms with Gasteiger partial charge in [0.25, 0.3) is 5.69 Å². The molecule has 102 valence electrons. The highest BCUT2D eigenvalue weighted by molar-refractivity contribution is 5.62. The van der Waals surface area contributed by atoms with Crippen LogP contribution in [-0.2, 0) is 6.54 Å². The number of nitro groups is 1. The molecule has 7 nitrogen and oxygen atoms in total. The topological polar surface area (TPSA) is 96.8 Å². The smallest absolute Gasteiger partial charge is 0.292 e. The first kappa shape index (κ1) is 13.5. The largest absolute Gasteiger partial charge is 0.380 e. The highest BCUT2D eigenvalue weighted by atomic mass is 16.6. The van der Waals surface area contributed by atoms with Crippen LogP contribution in [0.3, 0.4) is 0 Å². The minimum absolute atomic E-state index is 0.0305. The van der Waals surface area contributed by atoms with Crippen LogP contribution < -0.4 is 5.32 Å². The summed E-state index contributed by atoms with van der Waals surface area (Å²) in [5.41, 5.74) is 1.27. The number of nitro benzene ring substituents is 1. The van der Waals surface area contributed by atoms with Gasteiger partial charge >= 0.3 is 0 Å². The molecule has 0 saturated carbocycles. The Morgan fingerprint density at radius 2 is 2.35 bits per heavy atom. The molecular weight excluding hydrogens is 258 g/mol. The van der Waals surface area contributed by atoms with Crippen LogP contribution in [0.25, 0.3) is 0 Å². The van der Waals surface area contributed by atoms with Gasteiger partial charge in [-0.3, -0.25) is 10.1 Å². The number of aromatic nitrogens is 2. The van der Waals surface area contributed by atoms with Gasteiger partial charge in [0.1, 0.15) is 11.8 Å². The molecule has 1 N–H and O–H groups in total. The van der Waals surface area contributed by atoms with E-state index in [1.165, 1.54) is 12.3 Å². The molecule has 0 spiro atoms. The van der Waals surface area contributed by atoms with E-state index in [4.69, 9.17) is 5.26 Å². The van der Waals surface area contributed by atoms with E-state index in [1.807, 2.05) is 13.0 Å². The molecule has 0 radical (unpaired) electrons. The Labute approximate surface area is 115 Å². The van der Waals surface area contributed by atoms with Gasteiger partial charge in [0.15, 0.2) is 0 Å². The van der Waals surface area contributed by atoms with Crippen LogP contribution >= 0.6 is 0 Å². The van der Waals surface area contributed by atoms with Crippen LogP contribution in [-0.4, -0.2) is 21.0 Å². The zero-order valence-corrected chi connectivity index (χ0v) is 10.9. The van der Waals surface area contributed by atoms with E-state index in [0.717, 1.165) is 5.56 Å². The summed E-state index contributed by atoms with van der Waals surface area (Å²) in [6.45, 7) is 2.86. The molecule has 1 aromatic carbocycles. The van der Waals surface area contributed by atoms with Crippen LogP contribution in [0.4, 0.5) is 11.4 Å². The molecule has 0 bridgehead atoms. The number of imidazole rings is 1.